The van der Waals surface area contributed by atoms with Crippen LogP contribution in [0.5, 0.6) is 0 Å². The molecule has 1 saturated carbocycles. The van der Waals surface area contributed by atoms with Crippen LogP contribution >= 0.6 is 0 Å². The molecule has 5 atom stereocenters. The Balaban J connectivity index is 2.02. The van der Waals surface area contributed by atoms with Crippen molar-refractivity contribution < 1.29 is 34.8 Å². The number of primary amides is 1. The molecule has 0 radical (unpaired) electrons. The van der Waals surface area contributed by atoms with E-state index in [-0.39, 0.29) is 12.0 Å². The van der Waals surface area contributed by atoms with E-state index in [1.165, 1.54) is 19.0 Å². The van der Waals surface area contributed by atoms with Gasteiger partial charge in [0.05, 0.1) is 18.1 Å². The molecule has 0 aliphatic heterocycles. The number of amides is 1. The van der Waals surface area contributed by atoms with Crippen molar-refractivity contribution in [3.8, 4) is 0 Å². The molecule has 3 aliphatic carbocycles. The Kier molecular flexibility index (Phi) is 4.39. The van der Waals surface area contributed by atoms with Crippen molar-refractivity contribution >= 4 is 23.2 Å². The number of nitrogens with two attached hydrogens (primary N) is 1. The molecule has 9 nitrogen and oxygen atoms in total. The van der Waals surface area contributed by atoms with Gasteiger partial charge >= 0.3 is 0 Å². The number of aliphatic hydroxyl groups excluding tert-OH is 3. The van der Waals surface area contributed by atoms with Gasteiger partial charge in [0.2, 0.25) is 5.78 Å². The first-order valence-electron chi connectivity index (χ1n) is 9.44. The summed E-state index contributed by atoms with van der Waals surface area (Å²) in [5, 5.41) is 44.1. The van der Waals surface area contributed by atoms with Gasteiger partial charge in [0.25, 0.3) is 5.91 Å². The second-order valence-corrected chi connectivity index (χ2v) is 8.20. The number of Topliss-reactive ketones (excluding diaryl/α,β-unsaturated/α-hetero) is 2. The van der Waals surface area contributed by atoms with Crippen molar-refractivity contribution in [2.75, 3.05) is 14.1 Å². The summed E-state index contributed by atoms with van der Waals surface area (Å²) >= 11 is 0. The summed E-state index contributed by atoms with van der Waals surface area (Å²) in [7, 11) is 2.97. The van der Waals surface area contributed by atoms with E-state index in [0.29, 0.717) is 11.1 Å². The minimum atomic E-state index is -2.79. The lowest BCUT2D eigenvalue weighted by Crippen LogP contribution is -2.70. The highest BCUT2D eigenvalue weighted by atomic mass is 16.4. The molecule has 4 rings (SSSR count). The van der Waals surface area contributed by atoms with Gasteiger partial charge in [-0.1, -0.05) is 24.3 Å². The van der Waals surface area contributed by atoms with Gasteiger partial charge in [-0.25, -0.2) is 0 Å². The van der Waals surface area contributed by atoms with Crippen molar-refractivity contribution in [3.63, 3.8) is 0 Å². The molecular weight excluding hydrogens is 392 g/mol. The Labute approximate surface area is 171 Å². The van der Waals surface area contributed by atoms with Crippen molar-refractivity contribution in [2.45, 2.75) is 24.2 Å². The van der Waals surface area contributed by atoms with Crippen LogP contribution in [0.15, 0.2) is 41.2 Å². The highest BCUT2D eigenvalue weighted by Gasteiger charge is 2.67. The Morgan fingerprint density at radius 3 is 2.43 bits per heavy atom. The van der Waals surface area contributed by atoms with Crippen molar-refractivity contribution in [3.05, 3.63) is 52.3 Å². The maximum absolute atomic E-state index is 13.5. The predicted molar refractivity (Wildman–Crippen MR) is 104 cm³/mol. The van der Waals surface area contributed by atoms with Crippen LogP contribution in [-0.2, 0) is 20.8 Å². The number of carbonyl (C=O) groups is 3. The highest BCUT2D eigenvalue weighted by Crippen LogP contribution is 2.51. The molecule has 1 fully saturated rings. The highest BCUT2D eigenvalue weighted by molar-refractivity contribution is 6.24. The van der Waals surface area contributed by atoms with E-state index in [2.05, 4.69) is 0 Å². The summed E-state index contributed by atoms with van der Waals surface area (Å²) < 4.78 is 0. The maximum atomic E-state index is 13.5. The SMILES string of the molecule is CN(C)[C@@H]1C(=O)C(C(N)=O)=C(O)[C@@]2(O)C(=O)C3=C(O)c4ccccc4C[C@H]3[C@H](O)[C@@H]12. The number of hydrogen-bond donors (Lipinski definition) is 5. The number of benzene rings is 1. The number of carbonyl (C=O) groups excluding carboxylic acids is 3. The van der Waals surface area contributed by atoms with Gasteiger partial charge in [0.1, 0.15) is 17.1 Å². The van der Waals surface area contributed by atoms with Crippen LogP contribution in [0.4, 0.5) is 0 Å². The van der Waals surface area contributed by atoms with Gasteiger partial charge in [-0.05, 0) is 26.1 Å². The van der Waals surface area contributed by atoms with Crippen LogP contribution in [0.1, 0.15) is 11.1 Å². The largest absolute Gasteiger partial charge is 0.508 e. The predicted octanol–water partition coefficient (Wildman–Crippen LogP) is -0.771. The molecule has 1 aromatic carbocycles. The molecule has 0 bridgehead atoms. The zero-order chi connectivity index (χ0) is 22.1. The number of fused-ring (bicyclic) bond motifs is 3. The van der Waals surface area contributed by atoms with Gasteiger partial charge in [0, 0.05) is 17.1 Å². The summed E-state index contributed by atoms with van der Waals surface area (Å²) in [6, 6.07) is 5.47. The van der Waals surface area contributed by atoms with Crippen LogP contribution < -0.4 is 5.73 Å². The third kappa shape index (κ3) is 2.36. The average Bonchev–Trinajstić information content (AvgIpc) is 2.68. The van der Waals surface area contributed by atoms with E-state index in [4.69, 9.17) is 5.73 Å². The lowest BCUT2D eigenvalue weighted by Gasteiger charge is -2.52. The summed E-state index contributed by atoms with van der Waals surface area (Å²) in [4.78, 5) is 39.6. The normalized spacial score (nSPS) is 33.4. The number of nitrogens with zero attached hydrogens (tertiary/aromatic N) is 1. The Hall–Kier alpha value is -3.01. The van der Waals surface area contributed by atoms with Gasteiger partial charge < -0.3 is 26.2 Å². The third-order valence-electron chi connectivity index (χ3n) is 6.45. The van der Waals surface area contributed by atoms with Gasteiger partial charge in [0.15, 0.2) is 11.4 Å². The van der Waals surface area contributed by atoms with E-state index in [1.54, 1.807) is 24.3 Å². The fourth-order valence-electron chi connectivity index (χ4n) is 5.10. The molecule has 0 heterocycles. The Morgan fingerprint density at radius 1 is 1.20 bits per heavy atom. The molecule has 1 aromatic rings. The van der Waals surface area contributed by atoms with Gasteiger partial charge in [-0.3, -0.25) is 19.3 Å². The molecule has 0 aromatic heterocycles. The monoisotopic (exact) mass is 414 g/mol. The molecule has 6 N–H and O–H groups in total. The summed E-state index contributed by atoms with van der Waals surface area (Å²) in [5.74, 6) is -7.23. The molecule has 158 valence electrons. The van der Waals surface area contributed by atoms with Gasteiger partial charge in [-0.15, -0.1) is 0 Å². The molecular formula is C21H22N2O7. The number of ketones is 2. The Morgan fingerprint density at radius 2 is 1.83 bits per heavy atom. The summed E-state index contributed by atoms with van der Waals surface area (Å²) in [6.07, 6.45) is -1.29. The van der Waals surface area contributed by atoms with Crippen LogP contribution in [0.3, 0.4) is 0 Å². The number of likely N-dealkylation sites (N-methyl/N-ethyl adjacent to an activating group) is 1. The number of hydrogen-bond acceptors (Lipinski definition) is 8. The smallest absolute Gasteiger partial charge is 0.255 e. The standard InChI is InChI=1S/C21H22N2O7/c1-23(2)14-13-16(25)10-7-8-5-3-4-6-9(8)15(24)11(10)18(27)21(13,30)19(28)12(17(14)26)20(22)29/h3-6,10,13-14,16,24-25,28,30H,7H2,1-2H3,(H2,22,29)/t10-,13-,14+,16+,21+/m1/s1. The molecule has 0 unspecified atom stereocenters. The average molecular weight is 414 g/mol. The Bertz CT molecular complexity index is 1060. The minimum absolute atomic E-state index is 0.191. The molecule has 1 amide bonds. The van der Waals surface area contributed by atoms with E-state index in [0.717, 1.165) is 0 Å². The van der Waals surface area contributed by atoms with Crippen LogP contribution in [0, 0.1) is 11.8 Å². The van der Waals surface area contributed by atoms with E-state index < -0.39 is 64.1 Å². The zero-order valence-corrected chi connectivity index (χ0v) is 16.4. The van der Waals surface area contributed by atoms with Crippen LogP contribution in [-0.4, -0.2) is 74.6 Å². The van der Waals surface area contributed by atoms with Gasteiger partial charge in [-0.2, -0.15) is 0 Å². The fraction of sp³-hybridized carbons (Fsp3) is 0.381. The quantitative estimate of drug-likeness (QED) is 0.394. The van der Waals surface area contributed by atoms with Crippen molar-refractivity contribution in [1.82, 2.24) is 4.90 Å². The third-order valence-corrected chi connectivity index (χ3v) is 6.45. The first kappa shape index (κ1) is 20.3. The summed E-state index contributed by atoms with van der Waals surface area (Å²) in [5.41, 5.74) is 2.40. The van der Waals surface area contributed by atoms with E-state index >= 15 is 0 Å². The van der Waals surface area contributed by atoms with Crippen LogP contribution in [0.2, 0.25) is 0 Å². The molecule has 0 spiro atoms. The first-order valence-corrected chi connectivity index (χ1v) is 9.44. The lowest BCUT2D eigenvalue weighted by molar-refractivity contribution is -0.168. The minimum Gasteiger partial charge on any atom is -0.508 e. The molecule has 9 heteroatoms. The summed E-state index contributed by atoms with van der Waals surface area (Å²) in [6.45, 7) is 0. The fourth-order valence-corrected chi connectivity index (χ4v) is 5.10. The second-order valence-electron chi connectivity index (χ2n) is 8.20. The van der Waals surface area contributed by atoms with Crippen LogP contribution in [0.25, 0.3) is 5.76 Å². The van der Waals surface area contributed by atoms with E-state index in [9.17, 15) is 34.8 Å². The van der Waals surface area contributed by atoms with Crippen molar-refractivity contribution in [2.24, 2.45) is 17.6 Å². The topological polar surface area (TPSA) is 161 Å². The first-order chi connectivity index (χ1) is 14.0. The maximum Gasteiger partial charge on any atom is 0.255 e. The molecule has 0 saturated heterocycles. The second kappa shape index (κ2) is 6.49. The zero-order valence-electron chi connectivity index (χ0n) is 16.4. The molecule has 30 heavy (non-hydrogen) atoms. The number of rotatable bonds is 2. The van der Waals surface area contributed by atoms with E-state index in [1.807, 2.05) is 0 Å². The number of aliphatic hydroxyl groups is 4. The lowest BCUT2D eigenvalue weighted by atomic mass is 9.56. The molecule has 3 aliphatic rings. The van der Waals surface area contributed by atoms with Crippen molar-refractivity contribution in [1.29, 1.82) is 0 Å².